The van der Waals surface area contributed by atoms with Crippen molar-refractivity contribution in [2.45, 2.75) is 77.0 Å². The molecule has 2 atom stereocenters. The van der Waals surface area contributed by atoms with Gasteiger partial charge in [-0.05, 0) is 26.7 Å². The molecule has 8 heteroatoms. The third kappa shape index (κ3) is 5.34. The lowest BCUT2D eigenvalue weighted by atomic mass is 9.97. The highest BCUT2D eigenvalue weighted by atomic mass is 19.4. The van der Waals surface area contributed by atoms with E-state index in [0.29, 0.717) is 0 Å². The molecule has 2 unspecified atom stereocenters. The fraction of sp³-hybridized carbons (Fsp3) is 0.824. The Morgan fingerprint density at radius 2 is 1.84 bits per heavy atom. The van der Waals surface area contributed by atoms with Crippen molar-refractivity contribution in [3.05, 3.63) is 11.3 Å². The second kappa shape index (κ2) is 8.89. The van der Waals surface area contributed by atoms with Gasteiger partial charge in [0.1, 0.15) is 5.57 Å². The van der Waals surface area contributed by atoms with Crippen molar-refractivity contribution in [3.8, 4) is 0 Å². The van der Waals surface area contributed by atoms with Crippen LogP contribution in [0.1, 0.15) is 52.4 Å². The molecule has 1 aliphatic carbocycles. The Hall–Kier alpha value is -1.28. The van der Waals surface area contributed by atoms with Gasteiger partial charge in [-0.1, -0.05) is 19.3 Å². The monoisotopic (exact) mass is 366 g/mol. The van der Waals surface area contributed by atoms with Gasteiger partial charge in [0.25, 0.3) is 0 Å². The molecule has 2 aliphatic rings. The number of carbonyl (C=O) groups excluding carboxylic acids is 1. The number of hydrogen-bond acceptors (Lipinski definition) is 5. The van der Waals surface area contributed by atoms with E-state index < -0.39 is 35.9 Å². The van der Waals surface area contributed by atoms with Crippen LogP contribution in [0.5, 0.6) is 0 Å². The van der Waals surface area contributed by atoms with Crippen LogP contribution in [-0.4, -0.2) is 43.9 Å². The second-order valence-electron chi connectivity index (χ2n) is 6.08. The standard InChI is InChI=1S/C17H25F3O5/c1-3-22-12-10-13(24-11-8-6-5-7-9-11)25-15(17(18,19)20)14(12)16(21)23-4-2/h11-13H,3-10H2,1-2H3. The number of ether oxygens (including phenoxy) is 4. The molecule has 1 fully saturated rings. The first-order valence-corrected chi connectivity index (χ1v) is 8.79. The second-order valence-corrected chi connectivity index (χ2v) is 6.08. The van der Waals surface area contributed by atoms with Crippen molar-refractivity contribution < 1.29 is 36.9 Å². The van der Waals surface area contributed by atoms with Crippen molar-refractivity contribution in [1.29, 1.82) is 0 Å². The summed E-state index contributed by atoms with van der Waals surface area (Å²) in [5, 5.41) is 0. The molecule has 1 saturated carbocycles. The summed E-state index contributed by atoms with van der Waals surface area (Å²) in [4.78, 5) is 12.1. The van der Waals surface area contributed by atoms with Gasteiger partial charge in [-0.3, -0.25) is 0 Å². The number of halogens is 3. The van der Waals surface area contributed by atoms with E-state index in [1.54, 1.807) is 6.92 Å². The molecule has 0 spiro atoms. The summed E-state index contributed by atoms with van der Waals surface area (Å²) < 4.78 is 61.3. The van der Waals surface area contributed by atoms with E-state index >= 15 is 0 Å². The zero-order chi connectivity index (χ0) is 18.4. The quantitative estimate of drug-likeness (QED) is 0.668. The average molecular weight is 366 g/mol. The maximum atomic E-state index is 13.5. The van der Waals surface area contributed by atoms with Crippen LogP contribution in [0.2, 0.25) is 0 Å². The summed E-state index contributed by atoms with van der Waals surface area (Å²) in [7, 11) is 0. The average Bonchev–Trinajstić information content (AvgIpc) is 2.55. The van der Waals surface area contributed by atoms with E-state index in [9.17, 15) is 18.0 Å². The van der Waals surface area contributed by atoms with Gasteiger partial charge in [0.2, 0.25) is 12.0 Å². The number of carbonyl (C=O) groups is 1. The van der Waals surface area contributed by atoms with Crippen LogP contribution in [0, 0.1) is 0 Å². The van der Waals surface area contributed by atoms with Crippen LogP contribution in [0.4, 0.5) is 13.2 Å². The van der Waals surface area contributed by atoms with Gasteiger partial charge in [-0.25, -0.2) is 4.79 Å². The summed E-state index contributed by atoms with van der Waals surface area (Å²) in [6, 6.07) is 0. The molecule has 0 bridgehead atoms. The minimum Gasteiger partial charge on any atom is -0.462 e. The molecule has 2 rings (SSSR count). The molecule has 0 N–H and O–H groups in total. The number of alkyl halides is 3. The van der Waals surface area contributed by atoms with Gasteiger partial charge < -0.3 is 18.9 Å². The van der Waals surface area contributed by atoms with E-state index in [2.05, 4.69) is 0 Å². The molecular formula is C17H25F3O5. The molecule has 1 aliphatic heterocycles. The molecule has 0 radical (unpaired) electrons. The van der Waals surface area contributed by atoms with Crippen molar-refractivity contribution in [1.82, 2.24) is 0 Å². The molecule has 144 valence electrons. The zero-order valence-electron chi connectivity index (χ0n) is 14.6. The Balaban J connectivity index is 2.25. The van der Waals surface area contributed by atoms with Gasteiger partial charge in [0, 0.05) is 13.0 Å². The fourth-order valence-corrected chi connectivity index (χ4v) is 3.19. The van der Waals surface area contributed by atoms with Crippen LogP contribution >= 0.6 is 0 Å². The maximum absolute atomic E-state index is 13.5. The zero-order valence-corrected chi connectivity index (χ0v) is 14.6. The van der Waals surface area contributed by atoms with Gasteiger partial charge >= 0.3 is 12.1 Å². The third-order valence-electron chi connectivity index (χ3n) is 4.24. The minimum absolute atomic E-state index is 0.0259. The predicted octanol–water partition coefficient (Wildman–Crippen LogP) is 3.87. The normalized spacial score (nSPS) is 25.6. The van der Waals surface area contributed by atoms with E-state index in [4.69, 9.17) is 18.9 Å². The van der Waals surface area contributed by atoms with Crippen LogP contribution in [-0.2, 0) is 23.7 Å². The van der Waals surface area contributed by atoms with Crippen molar-refractivity contribution in [3.63, 3.8) is 0 Å². The first-order valence-electron chi connectivity index (χ1n) is 8.79. The summed E-state index contributed by atoms with van der Waals surface area (Å²) in [6.45, 7) is 3.31. The Labute approximate surface area is 145 Å². The van der Waals surface area contributed by atoms with Gasteiger partial charge in [-0.15, -0.1) is 0 Å². The first kappa shape index (κ1) is 20.0. The summed E-state index contributed by atoms with van der Waals surface area (Å²) >= 11 is 0. The molecule has 0 amide bonds. The van der Waals surface area contributed by atoms with Crippen molar-refractivity contribution >= 4 is 5.97 Å². The number of esters is 1. The summed E-state index contributed by atoms with van der Waals surface area (Å²) in [5.41, 5.74) is -0.611. The molecule has 1 heterocycles. The van der Waals surface area contributed by atoms with Crippen LogP contribution in [0.25, 0.3) is 0 Å². The lowest BCUT2D eigenvalue weighted by Gasteiger charge is -2.35. The summed E-state index contributed by atoms with van der Waals surface area (Å²) in [6.07, 6.45) is -2.40. The van der Waals surface area contributed by atoms with E-state index in [-0.39, 0.29) is 25.7 Å². The lowest BCUT2D eigenvalue weighted by molar-refractivity contribution is -0.225. The Kier molecular flexibility index (Phi) is 7.13. The first-order chi connectivity index (χ1) is 11.9. The van der Waals surface area contributed by atoms with E-state index in [1.807, 2.05) is 0 Å². The summed E-state index contributed by atoms with van der Waals surface area (Å²) in [5.74, 6) is -2.43. The largest absolute Gasteiger partial charge is 0.462 e. The van der Waals surface area contributed by atoms with E-state index in [0.717, 1.165) is 32.1 Å². The Morgan fingerprint density at radius 1 is 1.16 bits per heavy atom. The highest BCUT2D eigenvalue weighted by Crippen LogP contribution is 2.39. The van der Waals surface area contributed by atoms with Crippen LogP contribution < -0.4 is 0 Å². The van der Waals surface area contributed by atoms with Crippen molar-refractivity contribution in [2.24, 2.45) is 0 Å². The number of rotatable bonds is 6. The molecule has 5 nitrogen and oxygen atoms in total. The van der Waals surface area contributed by atoms with E-state index in [1.165, 1.54) is 6.92 Å². The number of hydrogen-bond donors (Lipinski definition) is 0. The molecule has 0 saturated heterocycles. The lowest BCUT2D eigenvalue weighted by Crippen LogP contribution is -2.41. The maximum Gasteiger partial charge on any atom is 0.449 e. The fourth-order valence-electron chi connectivity index (χ4n) is 3.19. The molecule has 0 aromatic carbocycles. The third-order valence-corrected chi connectivity index (χ3v) is 4.24. The molecular weight excluding hydrogens is 341 g/mol. The topological polar surface area (TPSA) is 54.0 Å². The highest BCUT2D eigenvalue weighted by molar-refractivity contribution is 5.90. The Bertz CT molecular complexity index is 483. The minimum atomic E-state index is -4.83. The van der Waals surface area contributed by atoms with Gasteiger partial charge in [0.05, 0.1) is 18.8 Å². The smallest absolute Gasteiger partial charge is 0.449 e. The molecule has 0 aromatic heterocycles. The van der Waals surface area contributed by atoms with Crippen LogP contribution in [0.15, 0.2) is 11.3 Å². The Morgan fingerprint density at radius 3 is 2.40 bits per heavy atom. The van der Waals surface area contributed by atoms with Crippen molar-refractivity contribution in [2.75, 3.05) is 13.2 Å². The van der Waals surface area contributed by atoms with Crippen LogP contribution in [0.3, 0.4) is 0 Å². The number of allylic oxidation sites excluding steroid dienone is 1. The van der Waals surface area contributed by atoms with Gasteiger partial charge in [0.15, 0.2) is 0 Å². The highest BCUT2D eigenvalue weighted by Gasteiger charge is 2.48. The predicted molar refractivity (Wildman–Crippen MR) is 82.6 cm³/mol. The SMILES string of the molecule is CCOC(=O)C1=C(C(F)(F)F)OC(OC2CCCCC2)CC1OCC. The van der Waals surface area contributed by atoms with Gasteiger partial charge in [-0.2, -0.15) is 13.2 Å². The molecule has 0 aromatic rings. The molecule has 25 heavy (non-hydrogen) atoms.